The minimum Gasteiger partial charge on any atom is -0.508 e. The average molecular weight is 179 g/mol. The lowest BCUT2D eigenvalue weighted by Crippen LogP contribution is -2.39. The average Bonchev–Trinajstić information content (AvgIpc) is 2.06. The van der Waals surface area contributed by atoms with E-state index in [2.05, 4.69) is 5.32 Å². The minimum absolute atomic E-state index is 0.0351. The molecule has 3 nitrogen and oxygen atoms in total. The Morgan fingerprint density at radius 3 is 2.69 bits per heavy atom. The quantitative estimate of drug-likeness (QED) is 0.622. The van der Waals surface area contributed by atoms with Crippen LogP contribution in [0.25, 0.3) is 0 Å². The summed E-state index contributed by atoms with van der Waals surface area (Å²) in [7, 11) is 0. The van der Waals surface area contributed by atoms with Gasteiger partial charge in [-0.1, -0.05) is 6.07 Å². The molecule has 0 unspecified atom stereocenters. The molecule has 1 aliphatic rings. The van der Waals surface area contributed by atoms with Crippen LogP contribution in [0, 0.1) is 0 Å². The Kier molecular flexibility index (Phi) is 2.20. The van der Waals surface area contributed by atoms with Crippen molar-refractivity contribution in [3.8, 4) is 5.75 Å². The van der Waals surface area contributed by atoms with Gasteiger partial charge in [-0.25, -0.2) is 0 Å². The maximum Gasteiger partial charge on any atom is 0.119 e. The van der Waals surface area contributed by atoms with Crippen molar-refractivity contribution < 1.29 is 10.2 Å². The third-order valence-corrected chi connectivity index (χ3v) is 2.50. The maximum atomic E-state index is 9.56. The highest BCUT2D eigenvalue weighted by molar-refractivity contribution is 5.39. The molecular formula is C10H13NO2. The van der Waals surface area contributed by atoms with E-state index in [1.54, 1.807) is 12.1 Å². The van der Waals surface area contributed by atoms with E-state index >= 15 is 0 Å². The van der Waals surface area contributed by atoms with Crippen molar-refractivity contribution >= 4 is 0 Å². The lowest BCUT2D eigenvalue weighted by Gasteiger charge is -2.28. The summed E-state index contributed by atoms with van der Waals surface area (Å²) in [6, 6.07) is 5.27. The first-order valence-corrected chi connectivity index (χ1v) is 4.44. The fraction of sp³-hybridized carbons (Fsp3) is 0.400. The zero-order valence-electron chi connectivity index (χ0n) is 7.33. The first-order valence-electron chi connectivity index (χ1n) is 4.44. The van der Waals surface area contributed by atoms with E-state index in [1.807, 2.05) is 6.07 Å². The molecule has 1 aromatic carbocycles. The van der Waals surface area contributed by atoms with Crippen LogP contribution in [0.15, 0.2) is 18.2 Å². The van der Waals surface area contributed by atoms with Crippen LogP contribution in [-0.4, -0.2) is 23.3 Å². The van der Waals surface area contributed by atoms with Gasteiger partial charge in [0.05, 0.1) is 6.61 Å². The van der Waals surface area contributed by atoms with Crippen LogP contribution >= 0.6 is 0 Å². The van der Waals surface area contributed by atoms with Crippen LogP contribution in [0.5, 0.6) is 5.75 Å². The van der Waals surface area contributed by atoms with Crippen LogP contribution < -0.4 is 5.32 Å². The molecule has 3 N–H and O–H groups in total. The van der Waals surface area contributed by atoms with Gasteiger partial charge in [-0.2, -0.15) is 0 Å². The van der Waals surface area contributed by atoms with Gasteiger partial charge < -0.3 is 15.5 Å². The standard InChI is InChI=1S/C10H13NO2/c12-6-7-1-2-10(13)9(3-7)8-4-11-5-8/h1-3,8,11-13H,4-6H2. The monoisotopic (exact) mass is 179 g/mol. The molecular weight excluding hydrogens is 166 g/mol. The Balaban J connectivity index is 2.30. The molecule has 0 atom stereocenters. The summed E-state index contributed by atoms with van der Waals surface area (Å²) >= 11 is 0. The van der Waals surface area contributed by atoms with Gasteiger partial charge in [0.1, 0.15) is 5.75 Å². The molecule has 1 fully saturated rings. The van der Waals surface area contributed by atoms with E-state index in [-0.39, 0.29) is 6.61 Å². The zero-order chi connectivity index (χ0) is 9.26. The van der Waals surface area contributed by atoms with Gasteiger partial charge >= 0.3 is 0 Å². The van der Waals surface area contributed by atoms with Gasteiger partial charge in [-0.15, -0.1) is 0 Å². The van der Waals surface area contributed by atoms with Crippen molar-refractivity contribution in [2.75, 3.05) is 13.1 Å². The van der Waals surface area contributed by atoms with Crippen molar-refractivity contribution in [1.29, 1.82) is 0 Å². The first-order chi connectivity index (χ1) is 6.31. The van der Waals surface area contributed by atoms with Crippen molar-refractivity contribution in [2.45, 2.75) is 12.5 Å². The van der Waals surface area contributed by atoms with Crippen LogP contribution in [-0.2, 0) is 6.61 Å². The number of aromatic hydroxyl groups is 1. The maximum absolute atomic E-state index is 9.56. The van der Waals surface area contributed by atoms with E-state index in [0.717, 1.165) is 24.2 Å². The number of phenols is 1. The lowest BCUT2D eigenvalue weighted by atomic mass is 9.92. The second-order valence-corrected chi connectivity index (χ2v) is 3.41. The van der Waals surface area contributed by atoms with Gasteiger partial charge in [-0.05, 0) is 23.3 Å². The topological polar surface area (TPSA) is 52.5 Å². The van der Waals surface area contributed by atoms with Crippen LogP contribution in [0.1, 0.15) is 17.0 Å². The molecule has 70 valence electrons. The number of aliphatic hydroxyl groups excluding tert-OH is 1. The Labute approximate surface area is 77.0 Å². The minimum atomic E-state index is 0.0351. The van der Waals surface area contributed by atoms with Gasteiger partial charge in [-0.3, -0.25) is 0 Å². The normalized spacial score (nSPS) is 17.0. The molecule has 0 saturated carbocycles. The van der Waals surface area contributed by atoms with Crippen molar-refractivity contribution in [3.05, 3.63) is 29.3 Å². The smallest absolute Gasteiger partial charge is 0.119 e. The number of hydrogen-bond acceptors (Lipinski definition) is 3. The number of hydrogen-bond donors (Lipinski definition) is 3. The summed E-state index contributed by atoms with van der Waals surface area (Å²) in [4.78, 5) is 0. The predicted octanol–water partition coefficient (Wildman–Crippen LogP) is 0.571. The summed E-state index contributed by atoms with van der Waals surface area (Å²) in [6.07, 6.45) is 0. The first kappa shape index (κ1) is 8.53. The molecule has 0 amide bonds. The Bertz CT molecular complexity index is 308. The number of rotatable bonds is 2. The number of nitrogens with one attached hydrogen (secondary N) is 1. The fourth-order valence-electron chi connectivity index (χ4n) is 1.54. The molecule has 0 spiro atoms. The molecule has 1 aliphatic heterocycles. The van der Waals surface area contributed by atoms with E-state index < -0.39 is 0 Å². The van der Waals surface area contributed by atoms with E-state index in [4.69, 9.17) is 5.11 Å². The Morgan fingerprint density at radius 1 is 1.38 bits per heavy atom. The van der Waals surface area contributed by atoms with Crippen molar-refractivity contribution in [1.82, 2.24) is 5.32 Å². The summed E-state index contributed by atoms with van der Waals surface area (Å²) < 4.78 is 0. The summed E-state index contributed by atoms with van der Waals surface area (Å²) in [6.45, 7) is 1.87. The van der Waals surface area contributed by atoms with Gasteiger partial charge in [0.25, 0.3) is 0 Å². The number of phenolic OH excluding ortho intramolecular Hbond substituents is 1. The molecule has 3 heteroatoms. The third-order valence-electron chi connectivity index (χ3n) is 2.50. The van der Waals surface area contributed by atoms with Crippen LogP contribution in [0.3, 0.4) is 0 Å². The molecule has 0 aromatic heterocycles. The second-order valence-electron chi connectivity index (χ2n) is 3.41. The van der Waals surface area contributed by atoms with Crippen LogP contribution in [0.2, 0.25) is 0 Å². The van der Waals surface area contributed by atoms with Crippen LogP contribution in [0.4, 0.5) is 0 Å². The van der Waals surface area contributed by atoms with Gasteiger partial charge in [0.2, 0.25) is 0 Å². The molecule has 1 heterocycles. The molecule has 0 aliphatic carbocycles. The molecule has 1 aromatic rings. The second kappa shape index (κ2) is 3.36. The summed E-state index contributed by atoms with van der Waals surface area (Å²) in [5.74, 6) is 0.746. The van der Waals surface area contributed by atoms with Crippen molar-refractivity contribution in [3.63, 3.8) is 0 Å². The summed E-state index contributed by atoms with van der Waals surface area (Å²) in [5.41, 5.74) is 1.81. The van der Waals surface area contributed by atoms with E-state index in [9.17, 15) is 5.11 Å². The Morgan fingerprint density at radius 2 is 2.15 bits per heavy atom. The third kappa shape index (κ3) is 1.53. The largest absolute Gasteiger partial charge is 0.508 e. The molecule has 1 saturated heterocycles. The van der Waals surface area contributed by atoms with Gasteiger partial charge in [0.15, 0.2) is 0 Å². The predicted molar refractivity (Wildman–Crippen MR) is 49.6 cm³/mol. The van der Waals surface area contributed by atoms with Crippen molar-refractivity contribution in [2.24, 2.45) is 0 Å². The number of benzene rings is 1. The molecule has 0 radical (unpaired) electrons. The molecule has 13 heavy (non-hydrogen) atoms. The highest BCUT2D eigenvalue weighted by Crippen LogP contribution is 2.29. The molecule has 0 bridgehead atoms. The van der Waals surface area contributed by atoms with Gasteiger partial charge in [0, 0.05) is 19.0 Å². The zero-order valence-corrected chi connectivity index (χ0v) is 7.33. The van der Waals surface area contributed by atoms with E-state index in [0.29, 0.717) is 11.7 Å². The Hall–Kier alpha value is -1.06. The van der Waals surface area contributed by atoms with E-state index in [1.165, 1.54) is 0 Å². The highest BCUT2D eigenvalue weighted by Gasteiger charge is 2.21. The number of aliphatic hydroxyl groups is 1. The fourth-order valence-corrected chi connectivity index (χ4v) is 1.54. The lowest BCUT2D eigenvalue weighted by molar-refractivity contribution is 0.281. The summed E-state index contributed by atoms with van der Waals surface area (Å²) in [5, 5.41) is 21.6. The SMILES string of the molecule is OCc1ccc(O)c(C2CNC2)c1. The molecule has 2 rings (SSSR count). The highest BCUT2D eigenvalue weighted by atomic mass is 16.3.